The highest BCUT2D eigenvalue weighted by molar-refractivity contribution is 7.17. The topological polar surface area (TPSA) is 29.1 Å². The minimum absolute atomic E-state index is 0.164. The van der Waals surface area contributed by atoms with Crippen molar-refractivity contribution in [2.75, 3.05) is 0 Å². The van der Waals surface area contributed by atoms with Gasteiger partial charge in [0, 0.05) is 16.7 Å². The molecule has 0 saturated carbocycles. The minimum atomic E-state index is 0.164. The van der Waals surface area contributed by atoms with E-state index >= 15 is 0 Å². The second kappa shape index (κ2) is 6.44. The molecule has 1 amide bonds. The third-order valence-electron chi connectivity index (χ3n) is 4.12. The summed E-state index contributed by atoms with van der Waals surface area (Å²) in [6.07, 6.45) is 8.10. The lowest BCUT2D eigenvalue weighted by molar-refractivity contribution is -0.125. The van der Waals surface area contributed by atoms with E-state index in [1.54, 1.807) is 11.3 Å². The second-order valence-electron chi connectivity index (χ2n) is 5.85. The van der Waals surface area contributed by atoms with Gasteiger partial charge in [0.25, 0.3) is 0 Å². The number of benzene rings is 1. The number of nitrogens with one attached hydrogen (secondary N) is 1. The molecular formula is C18H21NOS. The molecule has 0 radical (unpaired) electrons. The number of fused-ring (bicyclic) bond motifs is 1. The monoisotopic (exact) mass is 299 g/mol. The lowest BCUT2D eigenvalue weighted by atomic mass is 9.93. The van der Waals surface area contributed by atoms with Crippen molar-refractivity contribution in [3.05, 3.63) is 47.4 Å². The van der Waals surface area contributed by atoms with Crippen LogP contribution in [0.3, 0.4) is 0 Å². The van der Waals surface area contributed by atoms with Crippen LogP contribution in [-0.2, 0) is 11.2 Å². The molecule has 0 aliphatic heterocycles. The zero-order valence-corrected chi connectivity index (χ0v) is 13.2. The molecule has 0 bridgehead atoms. The standard InChI is InChI=1S/C18H21NOS/c1-13(19-18(20)14-7-3-2-4-8-14)11-15-12-21-17-10-6-5-9-16(15)17/h2-3,5-6,9-10,12-14H,4,7-8,11H2,1H3,(H,19,20). The average Bonchev–Trinajstić information content (AvgIpc) is 2.91. The number of carbonyl (C=O) groups excluding carboxylic acids is 1. The van der Waals surface area contributed by atoms with E-state index in [0.29, 0.717) is 0 Å². The largest absolute Gasteiger partial charge is 0.353 e. The fourth-order valence-electron chi connectivity index (χ4n) is 2.96. The van der Waals surface area contributed by atoms with E-state index < -0.39 is 0 Å². The summed E-state index contributed by atoms with van der Waals surface area (Å²) in [7, 11) is 0. The van der Waals surface area contributed by atoms with Gasteiger partial charge >= 0.3 is 0 Å². The third kappa shape index (κ3) is 3.35. The van der Waals surface area contributed by atoms with Gasteiger partial charge in [-0.2, -0.15) is 0 Å². The Hall–Kier alpha value is -1.61. The van der Waals surface area contributed by atoms with Gasteiger partial charge in [-0.15, -0.1) is 11.3 Å². The Kier molecular flexibility index (Phi) is 4.39. The van der Waals surface area contributed by atoms with Gasteiger partial charge < -0.3 is 5.32 Å². The van der Waals surface area contributed by atoms with Crippen molar-refractivity contribution in [3.8, 4) is 0 Å². The SMILES string of the molecule is CC(Cc1csc2ccccc12)NC(=O)C1CC=CCC1. The molecule has 1 heterocycles. The Bertz CT molecular complexity index is 658. The maximum Gasteiger partial charge on any atom is 0.223 e. The highest BCUT2D eigenvalue weighted by atomic mass is 32.1. The normalized spacial score (nSPS) is 19.6. The molecule has 0 spiro atoms. The van der Waals surface area contributed by atoms with Gasteiger partial charge in [-0.05, 0) is 55.0 Å². The molecule has 3 heteroatoms. The van der Waals surface area contributed by atoms with Gasteiger partial charge in [0.1, 0.15) is 0 Å². The number of rotatable bonds is 4. The van der Waals surface area contributed by atoms with E-state index in [4.69, 9.17) is 0 Å². The maximum atomic E-state index is 12.3. The number of hydrogen-bond acceptors (Lipinski definition) is 2. The van der Waals surface area contributed by atoms with Crippen LogP contribution < -0.4 is 5.32 Å². The summed E-state index contributed by atoms with van der Waals surface area (Å²) >= 11 is 1.78. The van der Waals surface area contributed by atoms with Gasteiger partial charge in [0.15, 0.2) is 0 Å². The Balaban J connectivity index is 1.62. The Morgan fingerprint density at radius 2 is 2.24 bits per heavy atom. The summed E-state index contributed by atoms with van der Waals surface area (Å²) in [6, 6.07) is 8.66. The highest BCUT2D eigenvalue weighted by Crippen LogP contribution is 2.26. The fraction of sp³-hybridized carbons (Fsp3) is 0.389. The molecule has 0 fully saturated rings. The molecule has 110 valence electrons. The van der Waals surface area contributed by atoms with Crippen molar-refractivity contribution in [1.82, 2.24) is 5.32 Å². The molecule has 1 aliphatic rings. The number of amides is 1. The fourth-order valence-corrected chi connectivity index (χ4v) is 3.94. The van der Waals surface area contributed by atoms with Gasteiger partial charge in [0.05, 0.1) is 0 Å². The first kappa shape index (κ1) is 14.3. The Morgan fingerprint density at radius 1 is 1.38 bits per heavy atom. The molecule has 0 saturated heterocycles. The summed E-state index contributed by atoms with van der Waals surface area (Å²) in [5.41, 5.74) is 1.34. The number of carbonyl (C=O) groups is 1. The van der Waals surface area contributed by atoms with E-state index in [1.165, 1.54) is 15.6 Å². The predicted octanol–water partition coefficient (Wildman–Crippen LogP) is 4.30. The number of thiophene rings is 1. The van der Waals surface area contributed by atoms with Crippen molar-refractivity contribution in [2.24, 2.45) is 5.92 Å². The van der Waals surface area contributed by atoms with E-state index in [2.05, 4.69) is 54.0 Å². The molecule has 1 aliphatic carbocycles. The van der Waals surface area contributed by atoms with Crippen LogP contribution in [0.2, 0.25) is 0 Å². The van der Waals surface area contributed by atoms with Crippen molar-refractivity contribution in [1.29, 1.82) is 0 Å². The quantitative estimate of drug-likeness (QED) is 0.838. The molecule has 1 N–H and O–H groups in total. The molecule has 2 unspecified atom stereocenters. The zero-order chi connectivity index (χ0) is 14.7. The Morgan fingerprint density at radius 3 is 3.05 bits per heavy atom. The highest BCUT2D eigenvalue weighted by Gasteiger charge is 2.20. The lowest BCUT2D eigenvalue weighted by Gasteiger charge is -2.20. The van der Waals surface area contributed by atoms with Crippen LogP contribution in [0.1, 0.15) is 31.7 Å². The second-order valence-corrected chi connectivity index (χ2v) is 6.76. The molecular weight excluding hydrogens is 278 g/mol. The first-order valence-electron chi connectivity index (χ1n) is 7.64. The number of allylic oxidation sites excluding steroid dienone is 2. The molecule has 1 aromatic heterocycles. The summed E-state index contributed by atoms with van der Waals surface area (Å²) < 4.78 is 1.32. The van der Waals surface area contributed by atoms with Crippen LogP contribution in [0.5, 0.6) is 0 Å². The van der Waals surface area contributed by atoms with E-state index in [9.17, 15) is 4.79 Å². The van der Waals surface area contributed by atoms with Crippen LogP contribution >= 0.6 is 11.3 Å². The minimum Gasteiger partial charge on any atom is -0.353 e. The van der Waals surface area contributed by atoms with Crippen LogP contribution in [0.4, 0.5) is 0 Å². The third-order valence-corrected chi connectivity index (χ3v) is 5.13. The van der Waals surface area contributed by atoms with Gasteiger partial charge in [-0.25, -0.2) is 0 Å². The van der Waals surface area contributed by atoms with E-state index in [1.807, 2.05) is 0 Å². The molecule has 2 aromatic rings. The number of hydrogen-bond donors (Lipinski definition) is 1. The van der Waals surface area contributed by atoms with Gasteiger partial charge in [-0.1, -0.05) is 30.4 Å². The molecule has 2 atom stereocenters. The summed E-state index contributed by atoms with van der Waals surface area (Å²) in [5.74, 6) is 0.378. The van der Waals surface area contributed by atoms with E-state index in [-0.39, 0.29) is 17.9 Å². The van der Waals surface area contributed by atoms with Crippen LogP contribution in [-0.4, -0.2) is 11.9 Å². The van der Waals surface area contributed by atoms with E-state index in [0.717, 1.165) is 25.7 Å². The first-order valence-corrected chi connectivity index (χ1v) is 8.52. The van der Waals surface area contributed by atoms with Crippen molar-refractivity contribution in [3.63, 3.8) is 0 Å². The smallest absolute Gasteiger partial charge is 0.223 e. The average molecular weight is 299 g/mol. The van der Waals surface area contributed by atoms with Gasteiger partial charge in [-0.3, -0.25) is 4.79 Å². The summed E-state index contributed by atoms with van der Waals surface area (Å²) in [6.45, 7) is 2.10. The van der Waals surface area contributed by atoms with Crippen LogP contribution in [0.15, 0.2) is 41.8 Å². The Labute approximate surface area is 129 Å². The van der Waals surface area contributed by atoms with Crippen molar-refractivity contribution in [2.45, 2.75) is 38.6 Å². The van der Waals surface area contributed by atoms with Crippen LogP contribution in [0.25, 0.3) is 10.1 Å². The lowest BCUT2D eigenvalue weighted by Crippen LogP contribution is -2.38. The summed E-state index contributed by atoms with van der Waals surface area (Å²) in [4.78, 5) is 12.3. The van der Waals surface area contributed by atoms with Crippen LogP contribution in [0, 0.1) is 5.92 Å². The zero-order valence-electron chi connectivity index (χ0n) is 12.3. The molecule has 2 nitrogen and oxygen atoms in total. The molecule has 3 rings (SSSR count). The first-order chi connectivity index (χ1) is 10.2. The van der Waals surface area contributed by atoms with Crippen molar-refractivity contribution < 1.29 is 4.79 Å². The van der Waals surface area contributed by atoms with Gasteiger partial charge in [0.2, 0.25) is 5.91 Å². The van der Waals surface area contributed by atoms with Crippen molar-refractivity contribution >= 4 is 27.3 Å². The maximum absolute atomic E-state index is 12.3. The summed E-state index contributed by atoms with van der Waals surface area (Å²) in [5, 5.41) is 6.73. The predicted molar refractivity (Wildman–Crippen MR) is 89.6 cm³/mol. The molecule has 1 aromatic carbocycles. The molecule has 21 heavy (non-hydrogen) atoms.